The summed E-state index contributed by atoms with van der Waals surface area (Å²) in [6.07, 6.45) is 0. The number of anilines is 3. The van der Waals surface area contributed by atoms with Gasteiger partial charge in [0.2, 0.25) is 5.88 Å². The zero-order valence-corrected chi connectivity index (χ0v) is 19.2. The van der Waals surface area contributed by atoms with Gasteiger partial charge in [0, 0.05) is 5.56 Å². The van der Waals surface area contributed by atoms with Crippen LogP contribution in [0.1, 0.15) is 48.6 Å². The first-order valence-corrected chi connectivity index (χ1v) is 10.9. The third-order valence-electron chi connectivity index (χ3n) is 6.17. The highest BCUT2D eigenvalue weighted by atomic mass is 16.5. The number of furan rings is 1. The molecule has 5 rings (SSSR count). The van der Waals surface area contributed by atoms with E-state index >= 15 is 0 Å². The van der Waals surface area contributed by atoms with Gasteiger partial charge in [0.25, 0.3) is 0 Å². The van der Waals surface area contributed by atoms with Gasteiger partial charge in [0.15, 0.2) is 5.75 Å². The van der Waals surface area contributed by atoms with Crippen LogP contribution in [-0.2, 0) is 12.0 Å². The zero-order valence-electron chi connectivity index (χ0n) is 19.2. The molecule has 0 N–H and O–H groups in total. The highest BCUT2D eigenvalue weighted by Crippen LogP contribution is 2.51. The van der Waals surface area contributed by atoms with Crippen molar-refractivity contribution >= 4 is 28.2 Å². The molecule has 0 atom stereocenters. The number of nitrogens with zero attached hydrogens (tertiary/aromatic N) is 1. The number of para-hydroxylation sites is 1. The van der Waals surface area contributed by atoms with Crippen LogP contribution >= 0.6 is 0 Å². The van der Waals surface area contributed by atoms with Crippen LogP contribution in [0.5, 0.6) is 5.75 Å². The molecule has 0 saturated carbocycles. The minimum atomic E-state index is 0.0932. The molecule has 0 bridgehead atoms. The third-order valence-corrected chi connectivity index (χ3v) is 6.17. The van der Waals surface area contributed by atoms with E-state index in [1.54, 1.807) is 0 Å². The topological polar surface area (TPSA) is 25.6 Å². The van der Waals surface area contributed by atoms with Gasteiger partial charge in [-0.2, -0.15) is 0 Å². The molecule has 1 aliphatic rings. The molecule has 2 heterocycles. The molecular formula is C28H29NO2. The Labute approximate surface area is 184 Å². The average Bonchev–Trinajstić information content (AvgIpc) is 2.97. The van der Waals surface area contributed by atoms with Crippen LogP contribution in [0.4, 0.5) is 17.3 Å². The van der Waals surface area contributed by atoms with Gasteiger partial charge in [-0.1, -0.05) is 62.7 Å². The lowest BCUT2D eigenvalue weighted by molar-refractivity contribution is 0.311. The smallest absolute Gasteiger partial charge is 0.248 e. The second kappa shape index (κ2) is 6.91. The maximum atomic E-state index is 6.46. The lowest BCUT2D eigenvalue weighted by Crippen LogP contribution is -2.16. The predicted octanol–water partition coefficient (Wildman–Crippen LogP) is 8.02. The summed E-state index contributed by atoms with van der Waals surface area (Å²) in [6, 6.07) is 19.3. The second-order valence-electron chi connectivity index (χ2n) is 9.70. The van der Waals surface area contributed by atoms with Crippen molar-refractivity contribution < 1.29 is 9.15 Å². The van der Waals surface area contributed by atoms with Crippen molar-refractivity contribution in [3.63, 3.8) is 0 Å². The summed E-state index contributed by atoms with van der Waals surface area (Å²) < 4.78 is 12.8. The number of benzene rings is 3. The Bertz CT molecular complexity index is 1280. The molecule has 0 amide bonds. The van der Waals surface area contributed by atoms with Crippen LogP contribution in [0.25, 0.3) is 11.0 Å². The van der Waals surface area contributed by atoms with Gasteiger partial charge in [-0.15, -0.1) is 0 Å². The van der Waals surface area contributed by atoms with E-state index in [2.05, 4.69) is 95.0 Å². The summed E-state index contributed by atoms with van der Waals surface area (Å²) in [6.45, 7) is 13.8. The van der Waals surface area contributed by atoms with E-state index < -0.39 is 0 Å². The molecule has 0 radical (unpaired) electrons. The molecule has 158 valence electrons. The van der Waals surface area contributed by atoms with Crippen molar-refractivity contribution in [2.24, 2.45) is 0 Å². The van der Waals surface area contributed by atoms with Gasteiger partial charge < -0.3 is 9.15 Å². The van der Waals surface area contributed by atoms with Crippen LogP contribution in [-0.4, -0.2) is 0 Å². The first kappa shape index (κ1) is 19.7. The van der Waals surface area contributed by atoms with Gasteiger partial charge in [0.05, 0.1) is 16.8 Å². The maximum absolute atomic E-state index is 6.46. The Hall–Kier alpha value is -3.20. The second-order valence-corrected chi connectivity index (χ2v) is 9.70. The Kier molecular flexibility index (Phi) is 4.40. The van der Waals surface area contributed by atoms with Crippen molar-refractivity contribution in [3.05, 3.63) is 82.4 Å². The maximum Gasteiger partial charge on any atom is 0.248 e. The van der Waals surface area contributed by atoms with E-state index in [1.807, 2.05) is 6.07 Å². The predicted molar refractivity (Wildman–Crippen MR) is 128 cm³/mol. The van der Waals surface area contributed by atoms with Gasteiger partial charge in [-0.25, -0.2) is 0 Å². The van der Waals surface area contributed by atoms with E-state index in [-0.39, 0.29) is 5.41 Å². The van der Waals surface area contributed by atoms with Gasteiger partial charge in [-0.3, -0.25) is 4.90 Å². The molecule has 0 saturated heterocycles. The van der Waals surface area contributed by atoms with Crippen molar-refractivity contribution in [2.75, 3.05) is 4.90 Å². The fourth-order valence-electron chi connectivity index (χ4n) is 4.54. The molecule has 0 fully saturated rings. The third kappa shape index (κ3) is 3.20. The number of ether oxygens (including phenoxy) is 1. The van der Waals surface area contributed by atoms with E-state index in [9.17, 15) is 0 Å². The van der Waals surface area contributed by atoms with Crippen molar-refractivity contribution in [3.8, 4) is 5.75 Å². The molecular weight excluding hydrogens is 382 g/mol. The molecule has 3 nitrogen and oxygen atoms in total. The lowest BCUT2D eigenvalue weighted by Gasteiger charge is -2.29. The fourth-order valence-corrected chi connectivity index (χ4v) is 4.54. The number of fused-ring (bicyclic) bond motifs is 4. The Morgan fingerprint density at radius 1 is 0.871 bits per heavy atom. The number of hydrogen-bond donors (Lipinski definition) is 0. The highest BCUT2D eigenvalue weighted by molar-refractivity contribution is 5.95. The number of aryl methyl sites for hydroxylation is 3. The summed E-state index contributed by atoms with van der Waals surface area (Å²) in [5.74, 6) is 1.56. The molecule has 4 aromatic rings. The SMILES string of the molecule is Cc1ccc2oc3c(c2c1)OCc1ccccc1N3c1c(C)cc(C(C)(C)C)cc1C. The summed E-state index contributed by atoms with van der Waals surface area (Å²) >= 11 is 0. The molecule has 3 heteroatoms. The zero-order chi connectivity index (χ0) is 21.9. The van der Waals surface area contributed by atoms with E-state index in [0.717, 1.165) is 39.5 Å². The first-order chi connectivity index (χ1) is 14.7. The standard InChI is InChI=1S/C28H29NO2/c1-17-11-12-24-22(13-17)26-27(31-24)29(23-10-8-7-9-20(23)16-30-26)25-18(2)14-21(15-19(25)3)28(4,5)6/h7-15H,16H2,1-6H3. The highest BCUT2D eigenvalue weighted by Gasteiger charge is 2.31. The number of hydrogen-bond acceptors (Lipinski definition) is 3. The molecule has 1 aromatic heterocycles. The largest absolute Gasteiger partial charge is 0.483 e. The number of rotatable bonds is 1. The summed E-state index contributed by atoms with van der Waals surface area (Å²) in [7, 11) is 0. The molecule has 0 aliphatic carbocycles. The minimum absolute atomic E-state index is 0.0932. The van der Waals surface area contributed by atoms with Crippen LogP contribution in [0.15, 0.2) is 59.0 Å². The Morgan fingerprint density at radius 2 is 1.58 bits per heavy atom. The van der Waals surface area contributed by atoms with E-state index in [4.69, 9.17) is 9.15 Å². The van der Waals surface area contributed by atoms with Crippen molar-refractivity contribution in [1.29, 1.82) is 0 Å². The van der Waals surface area contributed by atoms with Crippen LogP contribution in [0.3, 0.4) is 0 Å². The van der Waals surface area contributed by atoms with Crippen molar-refractivity contribution in [2.45, 2.75) is 53.6 Å². The molecule has 0 unspecified atom stereocenters. The minimum Gasteiger partial charge on any atom is -0.483 e. The Balaban J connectivity index is 1.82. The molecule has 3 aromatic carbocycles. The first-order valence-electron chi connectivity index (χ1n) is 10.9. The lowest BCUT2D eigenvalue weighted by atomic mass is 9.84. The van der Waals surface area contributed by atoms with Gasteiger partial charge >= 0.3 is 0 Å². The van der Waals surface area contributed by atoms with Crippen LogP contribution in [0, 0.1) is 20.8 Å². The summed E-state index contributed by atoms with van der Waals surface area (Å²) in [4.78, 5) is 2.25. The van der Waals surface area contributed by atoms with Crippen LogP contribution in [0.2, 0.25) is 0 Å². The molecule has 31 heavy (non-hydrogen) atoms. The van der Waals surface area contributed by atoms with E-state index in [1.165, 1.54) is 22.3 Å². The quantitative estimate of drug-likeness (QED) is 0.317. The normalized spacial score (nSPS) is 13.5. The molecule has 0 spiro atoms. The monoisotopic (exact) mass is 411 g/mol. The van der Waals surface area contributed by atoms with Crippen molar-refractivity contribution in [1.82, 2.24) is 0 Å². The Morgan fingerprint density at radius 3 is 2.29 bits per heavy atom. The summed E-state index contributed by atoms with van der Waals surface area (Å²) in [5.41, 5.74) is 9.33. The van der Waals surface area contributed by atoms with Crippen LogP contribution < -0.4 is 9.64 Å². The fraction of sp³-hybridized carbons (Fsp3) is 0.286. The van der Waals surface area contributed by atoms with Gasteiger partial charge in [0.1, 0.15) is 12.2 Å². The summed E-state index contributed by atoms with van der Waals surface area (Å²) in [5, 5.41) is 1.02. The average molecular weight is 412 g/mol. The molecule has 1 aliphatic heterocycles. The van der Waals surface area contributed by atoms with Gasteiger partial charge in [-0.05, 0) is 61.1 Å². The van der Waals surface area contributed by atoms with E-state index in [0.29, 0.717) is 6.61 Å².